The number of fused-ring (bicyclic) bond motifs is 1. The summed E-state index contributed by atoms with van der Waals surface area (Å²) in [5, 5.41) is 0. The van der Waals surface area contributed by atoms with Crippen LogP contribution in [0.3, 0.4) is 0 Å². The molecule has 1 unspecified atom stereocenters. The van der Waals surface area contributed by atoms with Crippen molar-refractivity contribution in [2.24, 2.45) is 5.73 Å². The van der Waals surface area contributed by atoms with Gasteiger partial charge < -0.3 is 20.2 Å². The number of para-hydroxylation sites is 1. The van der Waals surface area contributed by atoms with Crippen LogP contribution in [0.15, 0.2) is 42.7 Å². The SMILES string of the molecule is NC(=O)Cc1nc2c(C(F)(F)F)cccc2[nH]1.c1cncc(COC2CCN(C3CCOCC3)C2)c1. The van der Waals surface area contributed by atoms with E-state index in [1.54, 1.807) is 6.20 Å². The number of likely N-dealkylation sites (tertiary alicyclic amines) is 1. The van der Waals surface area contributed by atoms with Crippen LogP contribution < -0.4 is 5.73 Å². The molecule has 2 fully saturated rings. The lowest BCUT2D eigenvalue weighted by Crippen LogP contribution is -2.38. The molecule has 11 heteroatoms. The van der Waals surface area contributed by atoms with E-state index in [0.29, 0.717) is 18.8 Å². The Labute approximate surface area is 207 Å². The predicted octanol–water partition coefficient (Wildman–Crippen LogP) is 3.46. The van der Waals surface area contributed by atoms with Crippen LogP contribution in [-0.4, -0.2) is 64.2 Å². The Hall–Kier alpha value is -3.02. The smallest absolute Gasteiger partial charge is 0.381 e. The first-order valence-corrected chi connectivity index (χ1v) is 11.9. The molecule has 3 aromatic rings. The lowest BCUT2D eigenvalue weighted by atomic mass is 10.1. The van der Waals surface area contributed by atoms with Gasteiger partial charge in [0.2, 0.25) is 5.91 Å². The van der Waals surface area contributed by atoms with Crippen LogP contribution in [0.1, 0.15) is 36.2 Å². The molecule has 2 aliphatic heterocycles. The van der Waals surface area contributed by atoms with Gasteiger partial charge in [0.25, 0.3) is 0 Å². The third-order valence-electron chi connectivity index (χ3n) is 6.30. The number of benzene rings is 1. The fourth-order valence-electron chi connectivity index (χ4n) is 4.53. The summed E-state index contributed by atoms with van der Waals surface area (Å²) >= 11 is 0. The van der Waals surface area contributed by atoms with Gasteiger partial charge in [-0.1, -0.05) is 12.1 Å². The molecule has 0 aliphatic carbocycles. The molecule has 1 atom stereocenters. The number of nitrogens with one attached hydrogen (secondary N) is 1. The number of primary amides is 1. The van der Waals surface area contributed by atoms with E-state index in [9.17, 15) is 18.0 Å². The van der Waals surface area contributed by atoms with E-state index in [0.717, 1.165) is 37.8 Å². The third kappa shape index (κ3) is 7.02. The Balaban J connectivity index is 0.000000170. The van der Waals surface area contributed by atoms with Gasteiger partial charge in [-0.15, -0.1) is 0 Å². The average molecular weight is 506 g/mol. The fraction of sp³-hybridized carbons (Fsp3) is 0.480. The number of hydrogen-bond acceptors (Lipinski definition) is 6. The highest BCUT2D eigenvalue weighted by Crippen LogP contribution is 2.33. The van der Waals surface area contributed by atoms with E-state index >= 15 is 0 Å². The minimum atomic E-state index is -4.47. The van der Waals surface area contributed by atoms with E-state index in [-0.39, 0.29) is 23.3 Å². The van der Waals surface area contributed by atoms with Gasteiger partial charge in [-0.25, -0.2) is 4.98 Å². The van der Waals surface area contributed by atoms with Gasteiger partial charge in [0.15, 0.2) is 0 Å². The first-order chi connectivity index (χ1) is 17.3. The average Bonchev–Trinajstić information content (AvgIpc) is 3.50. The number of pyridine rings is 1. The summed E-state index contributed by atoms with van der Waals surface area (Å²) in [7, 11) is 0. The van der Waals surface area contributed by atoms with Crippen molar-refractivity contribution < 1.29 is 27.4 Å². The molecule has 4 heterocycles. The Bertz CT molecular complexity index is 1130. The number of H-pyrrole nitrogens is 1. The van der Waals surface area contributed by atoms with Crippen molar-refractivity contribution in [3.05, 3.63) is 59.7 Å². The van der Waals surface area contributed by atoms with Gasteiger partial charge in [-0.2, -0.15) is 13.2 Å². The second-order valence-corrected chi connectivity index (χ2v) is 8.95. The molecular formula is C25H30F3N5O3. The largest absolute Gasteiger partial charge is 0.418 e. The molecule has 5 rings (SSSR count). The van der Waals surface area contributed by atoms with Crippen LogP contribution >= 0.6 is 0 Å². The molecule has 8 nitrogen and oxygen atoms in total. The van der Waals surface area contributed by atoms with Crippen molar-refractivity contribution in [1.82, 2.24) is 19.9 Å². The van der Waals surface area contributed by atoms with Crippen molar-refractivity contribution in [2.75, 3.05) is 26.3 Å². The van der Waals surface area contributed by atoms with Crippen LogP contribution in [0.4, 0.5) is 13.2 Å². The molecule has 0 bridgehead atoms. The van der Waals surface area contributed by atoms with E-state index in [1.807, 2.05) is 12.3 Å². The standard InChI is InChI=1S/C15H22N2O2.C10H8F3N3O/c1-2-13(10-16-6-1)12-19-15-3-7-17(11-15)14-4-8-18-9-5-14;11-10(12,13)5-2-1-3-6-9(5)16-8(15-6)4-7(14)17/h1-2,6,10,14-15H,3-5,7-9,11-12H2;1-3H,4H2,(H2,14,17)(H,15,16). The number of alkyl halides is 3. The molecule has 1 aromatic carbocycles. The molecule has 0 radical (unpaired) electrons. The van der Waals surface area contributed by atoms with Crippen molar-refractivity contribution in [2.45, 2.75) is 50.6 Å². The van der Waals surface area contributed by atoms with Crippen LogP contribution in [-0.2, 0) is 33.5 Å². The normalized spacial score (nSPS) is 19.2. The zero-order valence-corrected chi connectivity index (χ0v) is 19.8. The summed E-state index contributed by atoms with van der Waals surface area (Å²) in [5.41, 5.74) is 5.31. The number of rotatable bonds is 6. The minimum Gasteiger partial charge on any atom is -0.381 e. The number of imidazole rings is 1. The van der Waals surface area contributed by atoms with Gasteiger partial charge in [-0.05, 0) is 43.0 Å². The Morgan fingerprint density at radius 1 is 1.19 bits per heavy atom. The number of aromatic amines is 1. The zero-order chi connectivity index (χ0) is 25.5. The second kappa shape index (κ2) is 11.8. The maximum atomic E-state index is 12.6. The van der Waals surface area contributed by atoms with E-state index in [1.165, 1.54) is 31.5 Å². The zero-order valence-electron chi connectivity index (χ0n) is 19.8. The highest BCUT2D eigenvalue weighted by atomic mass is 19.4. The van der Waals surface area contributed by atoms with Crippen LogP contribution in [0.5, 0.6) is 0 Å². The summed E-state index contributed by atoms with van der Waals surface area (Å²) in [6.45, 7) is 4.76. The number of hydrogen-bond donors (Lipinski definition) is 2. The van der Waals surface area contributed by atoms with Crippen molar-refractivity contribution >= 4 is 16.9 Å². The topological polar surface area (TPSA) is 106 Å². The van der Waals surface area contributed by atoms with Gasteiger partial charge in [0.05, 0.1) is 30.2 Å². The fourth-order valence-corrected chi connectivity index (χ4v) is 4.53. The predicted molar refractivity (Wildman–Crippen MR) is 127 cm³/mol. The molecular weight excluding hydrogens is 475 g/mol. The summed E-state index contributed by atoms with van der Waals surface area (Å²) in [4.78, 5) is 23.7. The monoisotopic (exact) mass is 505 g/mol. The lowest BCUT2D eigenvalue weighted by molar-refractivity contribution is -0.136. The highest BCUT2D eigenvalue weighted by Gasteiger charge is 2.33. The van der Waals surface area contributed by atoms with E-state index in [4.69, 9.17) is 15.2 Å². The van der Waals surface area contributed by atoms with Crippen molar-refractivity contribution in [3.8, 4) is 0 Å². The molecule has 1 amide bonds. The third-order valence-corrected chi connectivity index (χ3v) is 6.30. The number of aromatic nitrogens is 3. The Kier molecular flexibility index (Phi) is 8.55. The first-order valence-electron chi connectivity index (χ1n) is 11.9. The van der Waals surface area contributed by atoms with Crippen molar-refractivity contribution in [1.29, 1.82) is 0 Å². The molecule has 3 N–H and O–H groups in total. The Morgan fingerprint density at radius 2 is 2.00 bits per heavy atom. The molecule has 36 heavy (non-hydrogen) atoms. The summed E-state index contributed by atoms with van der Waals surface area (Å²) < 4.78 is 49.4. The van der Waals surface area contributed by atoms with Gasteiger partial charge in [0, 0.05) is 44.7 Å². The van der Waals surface area contributed by atoms with Crippen LogP contribution in [0.25, 0.3) is 11.0 Å². The van der Waals surface area contributed by atoms with Crippen LogP contribution in [0, 0.1) is 0 Å². The van der Waals surface area contributed by atoms with Gasteiger partial charge in [0.1, 0.15) is 11.3 Å². The number of halogens is 3. The lowest BCUT2D eigenvalue weighted by Gasteiger charge is -2.30. The molecule has 2 aromatic heterocycles. The maximum absolute atomic E-state index is 12.6. The quantitative estimate of drug-likeness (QED) is 0.532. The number of nitrogens with zero attached hydrogens (tertiary/aromatic N) is 3. The molecule has 0 spiro atoms. The van der Waals surface area contributed by atoms with Crippen molar-refractivity contribution in [3.63, 3.8) is 0 Å². The van der Waals surface area contributed by atoms with Gasteiger partial charge >= 0.3 is 6.18 Å². The number of ether oxygens (including phenoxy) is 2. The van der Waals surface area contributed by atoms with E-state index < -0.39 is 17.6 Å². The van der Waals surface area contributed by atoms with Gasteiger partial charge in [-0.3, -0.25) is 14.7 Å². The first kappa shape index (κ1) is 26.1. The number of amides is 1. The number of nitrogens with two attached hydrogens (primary N) is 1. The summed E-state index contributed by atoms with van der Waals surface area (Å²) in [6, 6.07) is 8.41. The Morgan fingerprint density at radius 3 is 2.69 bits per heavy atom. The number of carbonyl (C=O) groups excluding carboxylic acids is 1. The van der Waals surface area contributed by atoms with Crippen LogP contribution in [0.2, 0.25) is 0 Å². The number of carbonyl (C=O) groups is 1. The summed E-state index contributed by atoms with van der Waals surface area (Å²) in [5.74, 6) is -0.526. The molecule has 2 saturated heterocycles. The second-order valence-electron chi connectivity index (χ2n) is 8.95. The molecule has 0 saturated carbocycles. The summed E-state index contributed by atoms with van der Waals surface area (Å²) in [6.07, 6.45) is 2.87. The minimum absolute atomic E-state index is 0.129. The van der Waals surface area contributed by atoms with E-state index in [2.05, 4.69) is 25.9 Å². The maximum Gasteiger partial charge on any atom is 0.418 e. The molecule has 2 aliphatic rings. The highest BCUT2D eigenvalue weighted by molar-refractivity contribution is 5.81. The molecule has 194 valence electrons.